The number of ether oxygens (including phenoxy) is 1. The second-order valence-electron chi connectivity index (χ2n) is 7.25. The molecule has 0 unspecified atom stereocenters. The summed E-state index contributed by atoms with van der Waals surface area (Å²) in [7, 11) is 1.88. The Hall–Kier alpha value is -3.64. The molecule has 0 fully saturated rings. The van der Waals surface area contributed by atoms with Crippen molar-refractivity contribution in [2.75, 3.05) is 6.61 Å². The zero-order valence-corrected chi connectivity index (χ0v) is 17.8. The molecule has 0 atom stereocenters. The van der Waals surface area contributed by atoms with Gasteiger partial charge in [-0.1, -0.05) is 23.7 Å². The van der Waals surface area contributed by atoms with Gasteiger partial charge < -0.3 is 4.74 Å². The molecule has 0 N–H and O–H groups in total. The minimum absolute atomic E-state index is 0.167. The maximum atomic E-state index is 13.7. The smallest absolute Gasteiger partial charge is 0.265 e. The van der Waals surface area contributed by atoms with Crippen molar-refractivity contribution < 1.29 is 4.74 Å². The van der Waals surface area contributed by atoms with Crippen molar-refractivity contribution in [2.45, 2.75) is 6.92 Å². The van der Waals surface area contributed by atoms with Gasteiger partial charge in [-0.05, 0) is 48.9 Å². The second-order valence-corrected chi connectivity index (χ2v) is 7.69. The molecule has 0 aliphatic carbocycles. The van der Waals surface area contributed by atoms with Crippen molar-refractivity contribution in [1.29, 1.82) is 0 Å². The summed E-state index contributed by atoms with van der Waals surface area (Å²) in [6.07, 6.45) is 3.75. The lowest BCUT2D eigenvalue weighted by atomic mass is 10.0. The summed E-state index contributed by atoms with van der Waals surface area (Å²) < 4.78 is 8.99. The number of hydrogen-bond donors (Lipinski definition) is 0. The molecule has 0 aliphatic rings. The summed E-state index contributed by atoms with van der Waals surface area (Å²) in [5.74, 6) is 0.485. The zero-order valence-electron chi connectivity index (χ0n) is 17.0. The number of benzene rings is 2. The molecule has 5 rings (SSSR count). The van der Waals surface area contributed by atoms with Gasteiger partial charge in [0.25, 0.3) is 5.56 Å². The average molecular weight is 431 g/mol. The molecule has 6 nitrogen and oxygen atoms in total. The van der Waals surface area contributed by atoms with Crippen LogP contribution in [0.1, 0.15) is 6.92 Å². The maximum absolute atomic E-state index is 13.7. The van der Waals surface area contributed by atoms with E-state index in [4.69, 9.17) is 16.3 Å². The zero-order chi connectivity index (χ0) is 21.5. The van der Waals surface area contributed by atoms with Crippen LogP contribution in [0.15, 0.2) is 71.8 Å². The van der Waals surface area contributed by atoms with E-state index < -0.39 is 0 Å². The molecule has 0 aliphatic heterocycles. The highest BCUT2D eigenvalue weighted by Crippen LogP contribution is 2.28. The van der Waals surface area contributed by atoms with Crippen LogP contribution in [0, 0.1) is 0 Å². The monoisotopic (exact) mass is 430 g/mol. The fourth-order valence-electron chi connectivity index (χ4n) is 3.76. The molecule has 0 spiro atoms. The molecule has 2 aromatic carbocycles. The van der Waals surface area contributed by atoms with Gasteiger partial charge >= 0.3 is 0 Å². The summed E-state index contributed by atoms with van der Waals surface area (Å²) in [5, 5.41) is 6.82. The minimum atomic E-state index is -0.167. The summed E-state index contributed by atoms with van der Waals surface area (Å²) in [6, 6.07) is 16.7. The second kappa shape index (κ2) is 7.56. The molecule has 31 heavy (non-hydrogen) atoms. The number of aromatic nitrogens is 4. The Morgan fingerprint density at radius 2 is 1.81 bits per heavy atom. The predicted molar refractivity (Wildman–Crippen MR) is 123 cm³/mol. The Bertz CT molecular complexity index is 1490. The molecule has 0 saturated carbocycles. The van der Waals surface area contributed by atoms with Crippen LogP contribution >= 0.6 is 11.6 Å². The highest BCUT2D eigenvalue weighted by Gasteiger charge is 2.16. The molecule has 0 amide bonds. The number of aryl methyl sites for hydroxylation is 1. The Balaban J connectivity index is 1.81. The van der Waals surface area contributed by atoms with Gasteiger partial charge in [-0.15, -0.1) is 0 Å². The van der Waals surface area contributed by atoms with Crippen LogP contribution in [-0.4, -0.2) is 25.9 Å². The number of rotatable bonds is 4. The molecular formula is C24H19ClN4O2. The van der Waals surface area contributed by atoms with Crippen LogP contribution in [0.5, 0.6) is 5.88 Å². The first-order chi connectivity index (χ1) is 15.0. The summed E-state index contributed by atoms with van der Waals surface area (Å²) in [5.41, 5.74) is 3.31. The molecule has 3 heterocycles. The summed E-state index contributed by atoms with van der Waals surface area (Å²) >= 11 is 6.08. The fraction of sp³-hybridized carbons (Fsp3) is 0.125. The lowest BCUT2D eigenvalue weighted by Crippen LogP contribution is -2.20. The van der Waals surface area contributed by atoms with Gasteiger partial charge in [0.05, 0.1) is 23.2 Å². The number of hydrogen-bond acceptors (Lipinski definition) is 4. The van der Waals surface area contributed by atoms with Gasteiger partial charge in [0.15, 0.2) is 0 Å². The SMILES string of the molecule is CCOc1ccc2cn(-c3ccc4nn(C)cc4c3)c(=O)c(-c3ccc(Cl)cc3)c2n1. The van der Waals surface area contributed by atoms with Crippen molar-refractivity contribution in [2.24, 2.45) is 7.05 Å². The summed E-state index contributed by atoms with van der Waals surface area (Å²) in [6.45, 7) is 2.40. The number of pyridine rings is 2. The Morgan fingerprint density at radius 3 is 2.58 bits per heavy atom. The number of nitrogens with zero attached hydrogens (tertiary/aromatic N) is 4. The topological polar surface area (TPSA) is 61.9 Å². The van der Waals surface area contributed by atoms with E-state index in [-0.39, 0.29) is 5.56 Å². The van der Waals surface area contributed by atoms with Gasteiger partial charge in [-0.25, -0.2) is 4.98 Å². The third-order valence-corrected chi connectivity index (χ3v) is 5.40. The fourth-order valence-corrected chi connectivity index (χ4v) is 3.88. The van der Waals surface area contributed by atoms with Gasteiger partial charge in [0, 0.05) is 47.0 Å². The lowest BCUT2D eigenvalue weighted by Gasteiger charge is -2.13. The van der Waals surface area contributed by atoms with E-state index in [0.717, 1.165) is 27.5 Å². The van der Waals surface area contributed by atoms with E-state index in [0.29, 0.717) is 28.6 Å². The van der Waals surface area contributed by atoms with Crippen molar-refractivity contribution >= 4 is 33.4 Å². The highest BCUT2D eigenvalue weighted by atomic mass is 35.5. The van der Waals surface area contributed by atoms with Crippen LogP contribution in [0.2, 0.25) is 5.02 Å². The third kappa shape index (κ3) is 3.45. The van der Waals surface area contributed by atoms with Crippen molar-refractivity contribution in [3.05, 3.63) is 82.4 Å². The maximum Gasteiger partial charge on any atom is 0.265 e. The largest absolute Gasteiger partial charge is 0.478 e. The molecule has 7 heteroatoms. The van der Waals surface area contributed by atoms with Crippen LogP contribution in [-0.2, 0) is 7.05 Å². The molecule has 0 bridgehead atoms. The van der Waals surface area contributed by atoms with Crippen LogP contribution < -0.4 is 10.3 Å². The predicted octanol–water partition coefficient (Wildman–Crippen LogP) is 4.99. The standard InChI is InChI=1S/C24H19ClN4O2/c1-3-31-21-11-6-16-14-29(19-9-10-20-17(12-19)13-28(2)27-20)24(30)22(23(16)26-21)15-4-7-18(25)8-5-15/h4-14H,3H2,1-2H3. The van der Waals surface area contributed by atoms with Gasteiger partial charge in [-0.2, -0.15) is 5.10 Å². The molecule has 154 valence electrons. The number of fused-ring (bicyclic) bond motifs is 2. The van der Waals surface area contributed by atoms with Crippen molar-refractivity contribution in [1.82, 2.24) is 19.3 Å². The van der Waals surface area contributed by atoms with Crippen molar-refractivity contribution in [3.8, 4) is 22.7 Å². The van der Waals surface area contributed by atoms with E-state index >= 15 is 0 Å². The Morgan fingerprint density at radius 1 is 1.00 bits per heavy atom. The van der Waals surface area contributed by atoms with Crippen LogP contribution in [0.25, 0.3) is 38.6 Å². The molecular weight excluding hydrogens is 412 g/mol. The highest BCUT2D eigenvalue weighted by molar-refractivity contribution is 6.30. The summed E-state index contributed by atoms with van der Waals surface area (Å²) in [4.78, 5) is 18.3. The molecule has 5 aromatic rings. The van der Waals surface area contributed by atoms with E-state index in [1.807, 2.05) is 68.8 Å². The molecule has 0 saturated heterocycles. The Kier molecular flexibility index (Phi) is 4.71. The normalized spacial score (nSPS) is 11.3. The quantitative estimate of drug-likeness (QED) is 0.403. The first-order valence-corrected chi connectivity index (χ1v) is 10.3. The first-order valence-electron chi connectivity index (χ1n) is 9.92. The molecule has 3 aromatic heterocycles. The van der Waals surface area contributed by atoms with Gasteiger partial charge in [-0.3, -0.25) is 14.0 Å². The van der Waals surface area contributed by atoms with Crippen LogP contribution in [0.3, 0.4) is 0 Å². The minimum Gasteiger partial charge on any atom is -0.478 e. The lowest BCUT2D eigenvalue weighted by molar-refractivity contribution is 0.328. The van der Waals surface area contributed by atoms with E-state index in [1.165, 1.54) is 0 Å². The number of halogens is 1. The van der Waals surface area contributed by atoms with Crippen molar-refractivity contribution in [3.63, 3.8) is 0 Å². The van der Waals surface area contributed by atoms with Gasteiger partial charge in [0.1, 0.15) is 0 Å². The van der Waals surface area contributed by atoms with Crippen LogP contribution in [0.4, 0.5) is 0 Å². The first kappa shape index (κ1) is 19.3. The average Bonchev–Trinajstić information content (AvgIpc) is 3.14. The van der Waals surface area contributed by atoms with Gasteiger partial charge in [0.2, 0.25) is 5.88 Å². The Labute approximate surface area is 183 Å². The van der Waals surface area contributed by atoms with E-state index in [9.17, 15) is 4.79 Å². The van der Waals surface area contributed by atoms with E-state index in [1.54, 1.807) is 21.4 Å². The third-order valence-electron chi connectivity index (χ3n) is 5.14. The molecule has 0 radical (unpaired) electrons. The van der Waals surface area contributed by atoms with E-state index in [2.05, 4.69) is 10.1 Å².